The van der Waals surface area contributed by atoms with Crippen LogP contribution in [0.4, 0.5) is 0 Å². The fourth-order valence-corrected chi connectivity index (χ4v) is 0. The summed E-state index contributed by atoms with van der Waals surface area (Å²) in [4.78, 5) is 0. The SMILES string of the molecule is [O-2].[O-2].[O-2].[O-2].[O-2].[O-2].[O-2].[Sc+3].[Sc+3].[Sn+4].[Sn+4]. The van der Waals surface area contributed by atoms with Crippen molar-refractivity contribution in [3.8, 4) is 0 Å². The van der Waals surface area contributed by atoms with Crippen molar-refractivity contribution in [3.05, 3.63) is 0 Å². The van der Waals surface area contributed by atoms with Crippen molar-refractivity contribution in [2.75, 3.05) is 0 Å². The summed E-state index contributed by atoms with van der Waals surface area (Å²) in [6, 6.07) is 0. The van der Waals surface area contributed by atoms with E-state index in [1.165, 1.54) is 0 Å². The Balaban J connectivity index is 0. The van der Waals surface area contributed by atoms with Gasteiger partial charge in [0.05, 0.1) is 0 Å². The first-order valence-electron chi connectivity index (χ1n) is 0. The average Bonchev–Trinajstić information content (AvgIpc) is 0. The quantitative estimate of drug-likeness (QED) is 0.392. The van der Waals surface area contributed by atoms with Crippen LogP contribution in [-0.2, 0) is 90.0 Å². The molecule has 0 fully saturated rings. The molecular weight excluding hydrogens is 439 g/mol. The van der Waals surface area contributed by atoms with Crippen LogP contribution in [0.5, 0.6) is 0 Å². The van der Waals surface area contributed by atoms with Gasteiger partial charge in [0, 0.05) is 0 Å². The van der Waals surface area contributed by atoms with Crippen LogP contribution in [0.3, 0.4) is 0 Å². The minimum absolute atomic E-state index is 0. The zero-order valence-electron chi connectivity index (χ0n) is 5.01. The van der Waals surface area contributed by atoms with Crippen LogP contribution in [0.15, 0.2) is 0 Å². The van der Waals surface area contributed by atoms with Gasteiger partial charge in [-0.3, -0.25) is 0 Å². The van der Waals surface area contributed by atoms with Gasteiger partial charge in [-0.25, -0.2) is 0 Å². The Labute approximate surface area is 136 Å². The molecule has 0 spiro atoms. The average molecular weight is 439 g/mol. The first kappa shape index (κ1) is 256. The van der Waals surface area contributed by atoms with Crippen molar-refractivity contribution in [2.45, 2.75) is 0 Å². The van der Waals surface area contributed by atoms with Gasteiger partial charge in [-0.15, -0.1) is 0 Å². The van der Waals surface area contributed by atoms with E-state index in [4.69, 9.17) is 0 Å². The van der Waals surface area contributed by atoms with E-state index in [0.29, 0.717) is 0 Å². The first-order valence-corrected chi connectivity index (χ1v) is 0. The third kappa shape index (κ3) is 171. The minimum atomic E-state index is 0. The topological polar surface area (TPSA) is 200 Å². The molecule has 0 unspecified atom stereocenters. The van der Waals surface area contributed by atoms with Gasteiger partial charge in [0.2, 0.25) is 0 Å². The van der Waals surface area contributed by atoms with Gasteiger partial charge in [-0.2, -0.15) is 0 Å². The fourth-order valence-electron chi connectivity index (χ4n) is 0. The molecule has 0 aliphatic heterocycles. The molecule has 0 atom stereocenters. The summed E-state index contributed by atoms with van der Waals surface area (Å²) in [5.74, 6) is 0. The van der Waals surface area contributed by atoms with Gasteiger partial charge >= 0.3 is 99.5 Å². The van der Waals surface area contributed by atoms with E-state index >= 15 is 0 Å². The van der Waals surface area contributed by atoms with Gasteiger partial charge in [-0.1, -0.05) is 0 Å². The van der Waals surface area contributed by atoms with E-state index < -0.39 is 0 Å². The van der Waals surface area contributed by atoms with Gasteiger partial charge in [0.15, 0.2) is 0 Å². The van der Waals surface area contributed by atoms with Crippen molar-refractivity contribution >= 4 is 47.8 Å². The van der Waals surface area contributed by atoms with Crippen molar-refractivity contribution < 1.29 is 90.0 Å². The van der Waals surface area contributed by atoms with Gasteiger partial charge in [0.25, 0.3) is 0 Å². The Morgan fingerprint density at radius 2 is 0.273 bits per heavy atom. The summed E-state index contributed by atoms with van der Waals surface area (Å²) in [6.07, 6.45) is 0. The molecule has 56 valence electrons. The van der Waals surface area contributed by atoms with Crippen molar-refractivity contribution in [1.29, 1.82) is 0 Å². The monoisotopic (exact) mass is 442 g/mol. The summed E-state index contributed by atoms with van der Waals surface area (Å²) in [7, 11) is 0. The molecule has 0 aromatic rings. The molecule has 0 rings (SSSR count). The molecule has 0 aliphatic carbocycles. The molecule has 7 nitrogen and oxygen atoms in total. The van der Waals surface area contributed by atoms with E-state index in [1.54, 1.807) is 0 Å². The molecule has 0 amide bonds. The molecule has 0 aromatic heterocycles. The number of rotatable bonds is 0. The Morgan fingerprint density at radius 3 is 0.273 bits per heavy atom. The van der Waals surface area contributed by atoms with Crippen LogP contribution in [0, 0.1) is 0 Å². The summed E-state index contributed by atoms with van der Waals surface area (Å²) in [5, 5.41) is 0. The molecule has 11 heavy (non-hydrogen) atoms. The van der Waals surface area contributed by atoms with Gasteiger partial charge in [0.1, 0.15) is 0 Å². The van der Waals surface area contributed by atoms with E-state index in [1.807, 2.05) is 0 Å². The van der Waals surface area contributed by atoms with E-state index in [-0.39, 0.29) is 138 Å². The Morgan fingerprint density at radius 1 is 0.273 bits per heavy atom. The largest absolute Gasteiger partial charge is 4.00 e. The molecule has 0 saturated carbocycles. The summed E-state index contributed by atoms with van der Waals surface area (Å²) < 4.78 is 0. The van der Waals surface area contributed by atoms with Gasteiger partial charge in [-0.05, 0) is 0 Å². The molecular formula is O7Sc2Sn2. The molecule has 0 aliphatic rings. The summed E-state index contributed by atoms with van der Waals surface area (Å²) >= 11 is 0. The zero-order valence-corrected chi connectivity index (χ0v) is 14.3. The Bertz CT molecular complexity index is 14.4. The van der Waals surface area contributed by atoms with E-state index in [2.05, 4.69) is 0 Å². The molecule has 0 N–H and O–H groups in total. The van der Waals surface area contributed by atoms with Crippen molar-refractivity contribution in [2.24, 2.45) is 0 Å². The first-order chi connectivity index (χ1) is 0. The van der Waals surface area contributed by atoms with Crippen molar-refractivity contribution in [3.63, 3.8) is 0 Å². The second kappa shape index (κ2) is 203. The molecule has 0 saturated heterocycles. The number of hydrogen-bond donors (Lipinski definition) is 0. The predicted molar refractivity (Wildman–Crippen MR) is 16.3 cm³/mol. The smallest absolute Gasteiger partial charge is 2.00 e. The maximum atomic E-state index is 0. The van der Waals surface area contributed by atoms with Crippen LogP contribution < -0.4 is 0 Å². The van der Waals surface area contributed by atoms with Gasteiger partial charge < -0.3 is 38.3 Å². The Kier molecular flexibility index (Phi) is 4730. The number of hydrogen-bond acceptors (Lipinski definition) is 0. The van der Waals surface area contributed by atoms with E-state index in [9.17, 15) is 0 Å². The fraction of sp³-hybridized carbons (Fsp3) is 0. The van der Waals surface area contributed by atoms with Crippen LogP contribution >= 0.6 is 0 Å². The third-order valence-corrected chi connectivity index (χ3v) is 0. The maximum absolute atomic E-state index is 0. The van der Waals surface area contributed by atoms with Crippen molar-refractivity contribution in [1.82, 2.24) is 0 Å². The normalized spacial score (nSPS) is 0. The third-order valence-electron chi connectivity index (χ3n) is 0. The molecule has 0 bridgehead atoms. The zero-order chi connectivity index (χ0) is 0. The van der Waals surface area contributed by atoms with E-state index in [0.717, 1.165) is 0 Å². The van der Waals surface area contributed by atoms with Crippen LogP contribution in [0.2, 0.25) is 0 Å². The second-order valence-corrected chi connectivity index (χ2v) is 0. The molecule has 11 heteroatoms. The van der Waals surface area contributed by atoms with Crippen LogP contribution in [0.25, 0.3) is 0 Å². The Hall–Kier alpha value is 3.06. The molecule has 0 heterocycles. The van der Waals surface area contributed by atoms with Crippen LogP contribution in [0.1, 0.15) is 0 Å². The second-order valence-electron chi connectivity index (χ2n) is 0. The maximum Gasteiger partial charge on any atom is 4.00 e. The molecule has 0 radical (unpaired) electrons. The predicted octanol–water partition coefficient (Wildman–Crippen LogP) is -1.60. The van der Waals surface area contributed by atoms with Crippen LogP contribution in [-0.4, -0.2) is 47.8 Å². The minimum Gasteiger partial charge on any atom is -2.00 e. The summed E-state index contributed by atoms with van der Waals surface area (Å²) in [6.45, 7) is 0. The standard InChI is InChI=1S/7O.2Sc.2Sn/q7*-2;2*+3;2*+4. The molecule has 0 aromatic carbocycles. The summed E-state index contributed by atoms with van der Waals surface area (Å²) in [5.41, 5.74) is 0.